The number of phenols is 1. The van der Waals surface area contributed by atoms with E-state index in [-0.39, 0.29) is 23.6 Å². The number of fused-ring (bicyclic) bond motifs is 2. The van der Waals surface area contributed by atoms with Crippen molar-refractivity contribution in [1.29, 1.82) is 0 Å². The Hall–Kier alpha value is -2.53. The number of piperidine rings is 3. The Morgan fingerprint density at radius 2 is 1.79 bits per heavy atom. The van der Waals surface area contributed by atoms with E-state index < -0.39 is 0 Å². The first kappa shape index (κ1) is 18.5. The van der Waals surface area contributed by atoms with Crippen molar-refractivity contribution in [2.75, 3.05) is 26.7 Å². The molecule has 152 valence electrons. The number of ether oxygens (including phenoxy) is 1. The van der Waals surface area contributed by atoms with Crippen LogP contribution in [0.5, 0.6) is 11.5 Å². The minimum atomic E-state index is -0.0361. The number of aromatic hydroxyl groups is 1. The second kappa shape index (κ2) is 7.06. The van der Waals surface area contributed by atoms with Gasteiger partial charge in [0.1, 0.15) is 11.5 Å². The van der Waals surface area contributed by atoms with Crippen LogP contribution in [0.15, 0.2) is 42.5 Å². The third kappa shape index (κ3) is 2.99. The monoisotopic (exact) mass is 392 g/mol. The first-order valence-electron chi connectivity index (χ1n) is 10.6. The molecule has 0 aromatic heterocycles. The molecular weight excluding hydrogens is 364 g/mol. The molecule has 0 spiro atoms. The summed E-state index contributed by atoms with van der Waals surface area (Å²) >= 11 is 0. The quantitative estimate of drug-likeness (QED) is 0.870. The van der Waals surface area contributed by atoms with E-state index in [2.05, 4.69) is 21.9 Å². The fourth-order valence-corrected chi connectivity index (χ4v) is 5.77. The summed E-state index contributed by atoms with van der Waals surface area (Å²) in [4.78, 5) is 18.2. The molecule has 4 aliphatic rings. The van der Waals surface area contributed by atoms with Crippen molar-refractivity contribution in [3.63, 3.8) is 0 Å². The molecule has 0 saturated carbocycles. The van der Waals surface area contributed by atoms with Gasteiger partial charge >= 0.3 is 0 Å². The lowest BCUT2D eigenvalue weighted by Gasteiger charge is -2.51. The Kier molecular flexibility index (Phi) is 4.50. The molecule has 6 rings (SSSR count). The second-order valence-corrected chi connectivity index (χ2v) is 8.71. The molecule has 4 heterocycles. The number of methoxy groups -OCH3 is 1. The Bertz CT molecular complexity index is 918. The summed E-state index contributed by atoms with van der Waals surface area (Å²) in [5.41, 5.74) is 2.68. The summed E-state index contributed by atoms with van der Waals surface area (Å²) < 4.78 is 5.33. The highest BCUT2D eigenvalue weighted by Crippen LogP contribution is 2.47. The predicted octanol–water partition coefficient (Wildman–Crippen LogP) is 3.41. The van der Waals surface area contributed by atoms with Crippen LogP contribution < -0.4 is 4.74 Å². The maximum Gasteiger partial charge on any atom is 0.257 e. The second-order valence-electron chi connectivity index (χ2n) is 8.71. The summed E-state index contributed by atoms with van der Waals surface area (Å²) in [6.07, 6.45) is 2.31. The SMILES string of the molecule is COc1ccc([C@@H]2CN(C(=O)c3cc(C)ccc3O)[C@@H]3C4CCN(CC4)[C@@H]32)cc1. The molecule has 0 radical (unpaired) electrons. The average Bonchev–Trinajstić information content (AvgIpc) is 3.19. The summed E-state index contributed by atoms with van der Waals surface area (Å²) in [7, 11) is 1.68. The highest BCUT2D eigenvalue weighted by molar-refractivity contribution is 5.97. The highest BCUT2D eigenvalue weighted by atomic mass is 16.5. The van der Waals surface area contributed by atoms with E-state index >= 15 is 0 Å². The largest absolute Gasteiger partial charge is 0.507 e. The minimum absolute atomic E-state index is 0.0361. The van der Waals surface area contributed by atoms with Crippen LogP contribution in [0.25, 0.3) is 0 Å². The fraction of sp³-hybridized carbons (Fsp3) is 0.458. The van der Waals surface area contributed by atoms with Crippen LogP contribution in [0.2, 0.25) is 0 Å². The first-order valence-corrected chi connectivity index (χ1v) is 10.6. The molecule has 2 aromatic carbocycles. The van der Waals surface area contributed by atoms with Crippen molar-refractivity contribution < 1.29 is 14.6 Å². The number of phenolic OH excluding ortho intramolecular Hbond substituents is 1. The van der Waals surface area contributed by atoms with E-state index in [1.54, 1.807) is 13.2 Å². The molecule has 1 N–H and O–H groups in total. The van der Waals surface area contributed by atoms with Gasteiger partial charge in [0.15, 0.2) is 0 Å². The molecule has 4 saturated heterocycles. The summed E-state index contributed by atoms with van der Waals surface area (Å²) in [5, 5.41) is 10.4. The Balaban J connectivity index is 1.52. The van der Waals surface area contributed by atoms with E-state index in [1.165, 1.54) is 5.56 Å². The van der Waals surface area contributed by atoms with Crippen molar-refractivity contribution in [3.05, 3.63) is 59.2 Å². The number of benzene rings is 2. The molecule has 3 atom stereocenters. The van der Waals surface area contributed by atoms with Crippen LogP contribution in [0.3, 0.4) is 0 Å². The number of hydrogen-bond donors (Lipinski definition) is 1. The molecule has 5 nitrogen and oxygen atoms in total. The molecule has 4 fully saturated rings. The molecule has 2 aromatic rings. The topological polar surface area (TPSA) is 53.0 Å². The third-order valence-electron chi connectivity index (χ3n) is 7.18. The number of amides is 1. The van der Waals surface area contributed by atoms with Gasteiger partial charge in [0.2, 0.25) is 0 Å². The smallest absolute Gasteiger partial charge is 0.257 e. The minimum Gasteiger partial charge on any atom is -0.507 e. The Labute approximate surface area is 171 Å². The van der Waals surface area contributed by atoms with E-state index in [9.17, 15) is 9.90 Å². The molecule has 5 heteroatoms. The van der Waals surface area contributed by atoms with E-state index in [0.717, 1.165) is 37.2 Å². The van der Waals surface area contributed by atoms with Crippen molar-refractivity contribution in [3.8, 4) is 11.5 Å². The number of carbonyl (C=O) groups excluding carboxylic acids is 1. The van der Waals surface area contributed by atoms with Gasteiger partial charge in [0.25, 0.3) is 5.91 Å². The number of aryl methyl sites for hydroxylation is 1. The van der Waals surface area contributed by atoms with Gasteiger partial charge in [0, 0.05) is 18.5 Å². The van der Waals surface area contributed by atoms with Crippen LogP contribution in [-0.4, -0.2) is 59.6 Å². The van der Waals surface area contributed by atoms with Crippen molar-refractivity contribution in [1.82, 2.24) is 9.80 Å². The van der Waals surface area contributed by atoms with Crippen molar-refractivity contribution in [2.24, 2.45) is 5.92 Å². The summed E-state index contributed by atoms with van der Waals surface area (Å²) in [6.45, 7) is 4.89. The molecule has 4 aliphatic heterocycles. The van der Waals surface area contributed by atoms with Gasteiger partial charge in [-0.25, -0.2) is 0 Å². The van der Waals surface area contributed by atoms with Gasteiger partial charge in [-0.3, -0.25) is 9.69 Å². The van der Waals surface area contributed by atoms with Gasteiger partial charge in [-0.2, -0.15) is 0 Å². The maximum atomic E-state index is 13.6. The number of carbonyl (C=O) groups is 1. The molecule has 0 unspecified atom stereocenters. The number of hydrogen-bond acceptors (Lipinski definition) is 4. The third-order valence-corrected chi connectivity index (χ3v) is 7.18. The van der Waals surface area contributed by atoms with Crippen molar-refractivity contribution >= 4 is 5.91 Å². The van der Waals surface area contributed by atoms with Crippen LogP contribution in [0.4, 0.5) is 0 Å². The van der Waals surface area contributed by atoms with E-state index in [4.69, 9.17) is 4.74 Å². The Morgan fingerprint density at radius 1 is 1.07 bits per heavy atom. The standard InChI is InChI=1S/C24H28N2O3/c1-15-3-8-21(27)19(13-15)24(28)26-14-20(16-4-6-18(29-2)7-5-16)23-22(26)17-9-11-25(23)12-10-17/h3-8,13,17,20,22-23,27H,9-12,14H2,1-2H3/t20-,22+,23+/m0/s1. The molecule has 2 bridgehead atoms. The summed E-state index contributed by atoms with van der Waals surface area (Å²) in [5.74, 6) is 1.72. The number of rotatable bonds is 3. The van der Waals surface area contributed by atoms with Gasteiger partial charge in [-0.15, -0.1) is 0 Å². The maximum absolute atomic E-state index is 13.6. The molecular formula is C24H28N2O3. The fourth-order valence-electron chi connectivity index (χ4n) is 5.77. The zero-order valence-electron chi connectivity index (χ0n) is 17.0. The predicted molar refractivity (Wildman–Crippen MR) is 111 cm³/mol. The Morgan fingerprint density at radius 3 is 2.48 bits per heavy atom. The van der Waals surface area contributed by atoms with Gasteiger partial charge in [0.05, 0.1) is 18.7 Å². The van der Waals surface area contributed by atoms with Crippen LogP contribution in [0, 0.1) is 12.8 Å². The average molecular weight is 392 g/mol. The van der Waals surface area contributed by atoms with Gasteiger partial charge in [-0.05, 0) is 68.6 Å². The summed E-state index contributed by atoms with van der Waals surface area (Å²) in [6, 6.07) is 14.2. The lowest BCUT2D eigenvalue weighted by molar-refractivity contribution is -0.00348. The first-order chi connectivity index (χ1) is 14.1. The zero-order valence-corrected chi connectivity index (χ0v) is 17.0. The zero-order chi connectivity index (χ0) is 20.1. The lowest BCUT2D eigenvalue weighted by atomic mass is 9.75. The van der Waals surface area contributed by atoms with Crippen LogP contribution in [-0.2, 0) is 0 Å². The van der Waals surface area contributed by atoms with Crippen LogP contribution >= 0.6 is 0 Å². The lowest BCUT2D eigenvalue weighted by Crippen LogP contribution is -2.60. The number of likely N-dealkylation sites (tertiary alicyclic amines) is 1. The molecule has 0 aliphatic carbocycles. The van der Waals surface area contributed by atoms with Crippen LogP contribution in [0.1, 0.15) is 40.2 Å². The van der Waals surface area contributed by atoms with E-state index in [1.807, 2.05) is 31.2 Å². The van der Waals surface area contributed by atoms with Crippen molar-refractivity contribution in [2.45, 2.75) is 37.8 Å². The number of nitrogens with zero attached hydrogens (tertiary/aromatic N) is 2. The normalized spacial score (nSPS) is 30.3. The molecule has 1 amide bonds. The molecule has 29 heavy (non-hydrogen) atoms. The van der Waals surface area contributed by atoms with Gasteiger partial charge < -0.3 is 14.7 Å². The highest BCUT2D eigenvalue weighted by Gasteiger charge is 2.54. The van der Waals surface area contributed by atoms with Gasteiger partial charge in [-0.1, -0.05) is 23.8 Å². The van der Waals surface area contributed by atoms with E-state index in [0.29, 0.717) is 24.1 Å².